The van der Waals surface area contributed by atoms with Gasteiger partial charge in [-0.3, -0.25) is 28.3 Å². The van der Waals surface area contributed by atoms with E-state index in [4.69, 9.17) is 39.3 Å². The summed E-state index contributed by atoms with van der Waals surface area (Å²) in [6, 6.07) is 30.2. The number of aromatic nitrogens is 6. The Balaban J connectivity index is 0.000000179. The average molecular weight is 948 g/mol. The van der Waals surface area contributed by atoms with Crippen LogP contribution in [-0.2, 0) is 26.9 Å². The summed E-state index contributed by atoms with van der Waals surface area (Å²) < 4.78 is 11.9. The highest BCUT2D eigenvalue weighted by Gasteiger charge is 2.39. The molecule has 4 heterocycles. The van der Waals surface area contributed by atoms with Crippen molar-refractivity contribution in [2.45, 2.75) is 30.6 Å². The maximum Gasteiger partial charge on any atom is 0.296 e. The Morgan fingerprint density at radius 1 is 0.682 bits per heavy atom. The molecule has 2 atom stereocenters. The number of rotatable bonds is 10. The van der Waals surface area contributed by atoms with Crippen LogP contribution in [0.15, 0.2) is 141 Å². The molecule has 4 aromatic carbocycles. The lowest BCUT2D eigenvalue weighted by Crippen LogP contribution is -2.29. The number of carbonyl (C=O) groups excluding carboxylic acids is 2. The van der Waals surface area contributed by atoms with Gasteiger partial charge in [0.05, 0.1) is 12.4 Å². The first-order valence-corrected chi connectivity index (χ1v) is 21.3. The van der Waals surface area contributed by atoms with Crippen molar-refractivity contribution in [3.63, 3.8) is 0 Å². The van der Waals surface area contributed by atoms with Crippen LogP contribution in [0.3, 0.4) is 0 Å². The van der Waals surface area contributed by atoms with Crippen molar-refractivity contribution >= 4 is 58.0 Å². The van der Waals surface area contributed by atoms with Gasteiger partial charge >= 0.3 is 0 Å². The predicted octanol–water partition coefficient (Wildman–Crippen LogP) is 8.26. The number of hydrogen-bond donors (Lipinski definition) is 4. The summed E-state index contributed by atoms with van der Waals surface area (Å²) in [5.74, 6) is -3.17. The Morgan fingerprint density at radius 2 is 1.17 bits per heavy atom. The summed E-state index contributed by atoms with van der Waals surface area (Å²) in [4.78, 5) is 59.9. The summed E-state index contributed by atoms with van der Waals surface area (Å²) in [5.41, 5.74) is 2.99. The molecule has 8 aromatic rings. The van der Waals surface area contributed by atoms with E-state index in [0.29, 0.717) is 27.3 Å². The average Bonchev–Trinajstić information content (AvgIpc) is 4.11. The number of fused-ring (bicyclic) bond motifs is 1. The normalized spacial score (nSPS) is 14.0. The maximum absolute atomic E-state index is 12.9. The van der Waals surface area contributed by atoms with Gasteiger partial charge in [0.25, 0.3) is 22.9 Å². The summed E-state index contributed by atoms with van der Waals surface area (Å²) in [7, 11) is 3.01. The lowest BCUT2D eigenvalue weighted by Gasteiger charge is -2.24. The smallest absolute Gasteiger partial charge is 0.296 e. The number of nitrogens with one attached hydrogen (secondary N) is 2. The molecule has 0 radical (unpaired) electrons. The van der Waals surface area contributed by atoms with E-state index in [0.717, 1.165) is 27.8 Å². The van der Waals surface area contributed by atoms with Crippen molar-refractivity contribution in [1.29, 1.82) is 0 Å². The summed E-state index contributed by atoms with van der Waals surface area (Å²) in [6.45, 7) is 0. The first-order valence-electron chi connectivity index (χ1n) is 20.1. The minimum Gasteiger partial charge on any atom is -0.501 e. The highest BCUT2D eigenvalue weighted by molar-refractivity contribution is 6.32. The van der Waals surface area contributed by atoms with E-state index in [9.17, 15) is 29.4 Å². The van der Waals surface area contributed by atoms with Crippen molar-refractivity contribution in [3.8, 4) is 11.5 Å². The van der Waals surface area contributed by atoms with Crippen LogP contribution in [-0.4, -0.2) is 51.4 Å². The Labute approximate surface area is 390 Å². The Morgan fingerprint density at radius 3 is 1.70 bits per heavy atom. The molecule has 0 aliphatic heterocycles. The zero-order valence-corrected chi connectivity index (χ0v) is 37.1. The summed E-state index contributed by atoms with van der Waals surface area (Å²) >= 11 is 19.6. The summed E-state index contributed by atoms with van der Waals surface area (Å²) in [6.07, 6.45) is 5.82. The molecule has 19 heteroatoms. The molecular weight excluding hydrogens is 911 g/mol. The summed E-state index contributed by atoms with van der Waals surface area (Å²) in [5, 5.41) is 34.4. The molecule has 9 rings (SSSR count). The molecule has 334 valence electrons. The van der Waals surface area contributed by atoms with Crippen molar-refractivity contribution in [1.82, 2.24) is 29.4 Å². The number of anilines is 2. The first kappa shape index (κ1) is 45.1. The Bertz CT molecular complexity index is 3160. The van der Waals surface area contributed by atoms with Gasteiger partial charge in [-0.2, -0.15) is 0 Å². The topological polar surface area (TPSA) is 220 Å². The minimum absolute atomic E-state index is 0.175. The second-order valence-corrected chi connectivity index (χ2v) is 16.4. The van der Waals surface area contributed by atoms with Crippen molar-refractivity contribution in [2.75, 3.05) is 10.6 Å². The third kappa shape index (κ3) is 9.06. The van der Waals surface area contributed by atoms with Crippen LogP contribution in [0.25, 0.3) is 0 Å². The SMILES string of the molecule is Cn1c(C2Cc3ccccc3C2c2ccccc2Cl)nc(C(=O)Nc2cnoc2)c(O)c1=O.Cn1c(CC(c2ccccc2Cl)c2ccccc2Cl)nc(C(=O)Nc2cnoc2)c(O)c1=O. The second-order valence-electron chi connectivity index (χ2n) is 15.2. The van der Waals surface area contributed by atoms with Crippen LogP contribution < -0.4 is 21.8 Å². The number of nitrogens with zero attached hydrogens (tertiary/aromatic N) is 6. The molecule has 2 amide bonds. The number of benzene rings is 4. The standard InChI is InChI=1S/C24H19ClN4O4.C23H18Cl2N4O4/c1-29-22(28-20(21(30)24(29)32)23(31)27-14-11-26-33-12-14)17-10-13-6-2-3-7-15(13)19(17)16-8-4-5-9-18(16)25;1-29-19(28-20(21(30)23(29)32)22(31)27-13-11-26-33-12-13)10-16(14-6-2-4-8-17(14)24)15-7-3-5-9-18(15)25/h2-9,11-12,17,19,30H,10H2,1H3,(H,27,31);2-9,11-12,16,30H,10H2,1H3,(H,27,31). The fraction of sp³-hybridized carbons (Fsp3) is 0.149. The maximum atomic E-state index is 12.9. The number of carbonyl (C=O) groups is 2. The number of aromatic hydroxyl groups is 2. The van der Waals surface area contributed by atoms with E-state index in [-0.39, 0.29) is 47.1 Å². The molecule has 16 nitrogen and oxygen atoms in total. The van der Waals surface area contributed by atoms with E-state index in [1.165, 1.54) is 41.1 Å². The van der Waals surface area contributed by atoms with Crippen LogP contribution in [0.1, 0.15) is 78.2 Å². The molecule has 0 spiro atoms. The van der Waals surface area contributed by atoms with Gasteiger partial charge < -0.3 is 29.9 Å². The molecule has 0 fully saturated rings. The lowest BCUT2D eigenvalue weighted by atomic mass is 9.85. The molecule has 0 saturated heterocycles. The molecular formula is C47H37Cl3N8O8. The predicted molar refractivity (Wildman–Crippen MR) is 246 cm³/mol. The molecule has 2 unspecified atom stereocenters. The molecule has 4 aromatic heterocycles. The number of hydrogen-bond acceptors (Lipinski definition) is 12. The van der Waals surface area contributed by atoms with E-state index < -0.39 is 40.1 Å². The van der Waals surface area contributed by atoms with Gasteiger partial charge in [0.1, 0.15) is 35.5 Å². The Hall–Kier alpha value is -7.53. The molecule has 4 N–H and O–H groups in total. The fourth-order valence-corrected chi connectivity index (χ4v) is 8.81. The van der Waals surface area contributed by atoms with Crippen LogP contribution in [0.4, 0.5) is 11.4 Å². The largest absolute Gasteiger partial charge is 0.501 e. The third-order valence-electron chi connectivity index (χ3n) is 11.2. The lowest BCUT2D eigenvalue weighted by molar-refractivity contribution is 0.101. The highest BCUT2D eigenvalue weighted by atomic mass is 35.5. The van der Waals surface area contributed by atoms with E-state index >= 15 is 0 Å². The van der Waals surface area contributed by atoms with Gasteiger partial charge in [-0.15, -0.1) is 0 Å². The van der Waals surface area contributed by atoms with E-state index in [1.807, 2.05) is 84.9 Å². The molecule has 1 aliphatic carbocycles. The van der Waals surface area contributed by atoms with Gasteiger partial charge in [-0.05, 0) is 52.4 Å². The zero-order valence-electron chi connectivity index (χ0n) is 34.9. The van der Waals surface area contributed by atoms with Gasteiger partial charge in [0.15, 0.2) is 11.4 Å². The molecule has 66 heavy (non-hydrogen) atoms. The minimum atomic E-state index is -0.776. The van der Waals surface area contributed by atoms with E-state index in [2.05, 4.69) is 35.4 Å². The third-order valence-corrected chi connectivity index (χ3v) is 12.3. The molecule has 0 bridgehead atoms. The van der Waals surface area contributed by atoms with Crippen LogP contribution in [0, 0.1) is 0 Å². The highest BCUT2D eigenvalue weighted by Crippen LogP contribution is 2.49. The van der Waals surface area contributed by atoms with Crippen molar-refractivity contribution in [2.24, 2.45) is 14.1 Å². The van der Waals surface area contributed by atoms with Crippen molar-refractivity contribution < 1.29 is 28.8 Å². The van der Waals surface area contributed by atoms with Crippen LogP contribution in [0.2, 0.25) is 15.1 Å². The number of halogens is 3. The van der Waals surface area contributed by atoms with E-state index in [1.54, 1.807) is 19.2 Å². The van der Waals surface area contributed by atoms with Crippen LogP contribution >= 0.6 is 34.8 Å². The first-order chi connectivity index (χ1) is 31.8. The van der Waals surface area contributed by atoms with Gasteiger partial charge in [0, 0.05) is 53.3 Å². The quantitative estimate of drug-likeness (QED) is 0.102. The zero-order chi connectivity index (χ0) is 46.6. The second kappa shape index (κ2) is 19.3. The van der Waals surface area contributed by atoms with Gasteiger partial charge in [0.2, 0.25) is 11.5 Å². The monoisotopic (exact) mass is 946 g/mol. The number of amides is 2. The fourth-order valence-electron chi connectivity index (χ4n) is 8.02. The van der Waals surface area contributed by atoms with Gasteiger partial charge in [-0.1, -0.05) is 124 Å². The van der Waals surface area contributed by atoms with Crippen molar-refractivity contribution in [3.05, 3.63) is 209 Å². The van der Waals surface area contributed by atoms with Crippen LogP contribution in [0.5, 0.6) is 11.5 Å². The molecule has 1 aliphatic rings. The van der Waals surface area contributed by atoms with Gasteiger partial charge in [-0.25, -0.2) is 9.97 Å². The Kier molecular flexibility index (Phi) is 13.2. The molecule has 0 saturated carbocycles.